The van der Waals surface area contributed by atoms with Crippen LogP contribution in [0.2, 0.25) is 0 Å². The number of benzene rings is 1. The number of aliphatic hydroxyl groups excluding tert-OH is 1. The smallest absolute Gasteiger partial charge is 0.255 e. The molecule has 0 unspecified atom stereocenters. The Bertz CT molecular complexity index is 723. The molecule has 0 saturated carbocycles. The molecule has 0 bridgehead atoms. The van der Waals surface area contributed by atoms with Crippen molar-refractivity contribution in [2.75, 3.05) is 44.0 Å². The van der Waals surface area contributed by atoms with Crippen LogP contribution in [0.15, 0.2) is 29.2 Å². The van der Waals surface area contributed by atoms with Crippen molar-refractivity contribution in [3.8, 4) is 0 Å². The Morgan fingerprint density at radius 1 is 1.25 bits per heavy atom. The Kier molecular flexibility index (Phi) is 5.19. The minimum Gasteiger partial charge on any atom is -0.395 e. The molecule has 2 aliphatic heterocycles. The Balaban J connectivity index is 1.90. The molecule has 0 spiro atoms. The van der Waals surface area contributed by atoms with Crippen LogP contribution in [-0.2, 0) is 9.84 Å². The van der Waals surface area contributed by atoms with Crippen LogP contribution in [0, 0.1) is 0 Å². The van der Waals surface area contributed by atoms with Gasteiger partial charge >= 0.3 is 0 Å². The highest BCUT2D eigenvalue weighted by atomic mass is 32.2. The second kappa shape index (κ2) is 7.03. The van der Waals surface area contributed by atoms with E-state index in [1.54, 1.807) is 11.0 Å². The standard InChI is InChI=1S/C16H22N2O4S2/c1-23-15-5-3-2-4-12(15)16(20)18-7-6-17(8-9-19)13-10-24(21,22)11-14(13)18/h2-5,13-14,19H,6-11H2,1H3/t13-,14+/m1/s1. The van der Waals surface area contributed by atoms with Gasteiger partial charge in [-0.1, -0.05) is 12.1 Å². The van der Waals surface area contributed by atoms with Crippen molar-refractivity contribution in [1.29, 1.82) is 0 Å². The summed E-state index contributed by atoms with van der Waals surface area (Å²) in [6, 6.07) is 6.87. The van der Waals surface area contributed by atoms with Crippen molar-refractivity contribution >= 4 is 27.5 Å². The number of β-amino-alcohol motifs (C(OH)–C–C–N with tert-alkyl or cyclic N) is 1. The molecule has 0 aromatic heterocycles. The van der Waals surface area contributed by atoms with Crippen LogP contribution in [0.1, 0.15) is 10.4 Å². The predicted molar refractivity (Wildman–Crippen MR) is 94.1 cm³/mol. The molecule has 132 valence electrons. The number of piperazine rings is 1. The molecule has 2 aliphatic rings. The molecule has 1 N–H and O–H groups in total. The molecule has 3 rings (SSSR count). The molecule has 2 heterocycles. The third-order valence-corrected chi connectivity index (χ3v) is 7.27. The normalized spacial score (nSPS) is 26.3. The van der Waals surface area contributed by atoms with Gasteiger partial charge in [-0.2, -0.15) is 0 Å². The first kappa shape index (κ1) is 17.7. The number of hydrogen-bond acceptors (Lipinski definition) is 6. The van der Waals surface area contributed by atoms with Crippen LogP contribution in [0.4, 0.5) is 0 Å². The van der Waals surface area contributed by atoms with Crippen LogP contribution in [0.5, 0.6) is 0 Å². The van der Waals surface area contributed by atoms with E-state index < -0.39 is 9.84 Å². The summed E-state index contributed by atoms with van der Waals surface area (Å²) in [6.45, 7) is 1.51. The monoisotopic (exact) mass is 370 g/mol. The lowest BCUT2D eigenvalue weighted by Gasteiger charge is -2.43. The first-order valence-corrected chi connectivity index (χ1v) is 11.0. The highest BCUT2D eigenvalue weighted by Crippen LogP contribution is 2.30. The third kappa shape index (κ3) is 3.33. The molecule has 1 aromatic carbocycles. The fourth-order valence-electron chi connectivity index (χ4n) is 3.66. The summed E-state index contributed by atoms with van der Waals surface area (Å²) in [5.41, 5.74) is 0.628. The van der Waals surface area contributed by atoms with Crippen LogP contribution < -0.4 is 0 Å². The maximum Gasteiger partial charge on any atom is 0.255 e. The summed E-state index contributed by atoms with van der Waals surface area (Å²) in [4.78, 5) is 17.7. The Morgan fingerprint density at radius 3 is 2.67 bits per heavy atom. The van der Waals surface area contributed by atoms with Crippen molar-refractivity contribution in [3.05, 3.63) is 29.8 Å². The Hall–Kier alpha value is -1.09. The van der Waals surface area contributed by atoms with Gasteiger partial charge < -0.3 is 10.0 Å². The van der Waals surface area contributed by atoms with E-state index in [0.29, 0.717) is 25.2 Å². The van der Waals surface area contributed by atoms with Gasteiger partial charge in [0.2, 0.25) is 0 Å². The van der Waals surface area contributed by atoms with Crippen molar-refractivity contribution in [2.24, 2.45) is 0 Å². The Morgan fingerprint density at radius 2 is 1.96 bits per heavy atom. The van der Waals surface area contributed by atoms with Crippen LogP contribution in [0.25, 0.3) is 0 Å². The number of carbonyl (C=O) groups is 1. The lowest BCUT2D eigenvalue weighted by molar-refractivity contribution is 0.0279. The number of hydrogen-bond donors (Lipinski definition) is 1. The van der Waals surface area contributed by atoms with Gasteiger partial charge in [-0.15, -0.1) is 11.8 Å². The summed E-state index contributed by atoms with van der Waals surface area (Å²) in [5.74, 6) is -0.0334. The van der Waals surface area contributed by atoms with Gasteiger partial charge in [-0.05, 0) is 18.4 Å². The number of rotatable bonds is 4. The maximum absolute atomic E-state index is 13.0. The molecule has 24 heavy (non-hydrogen) atoms. The van der Waals surface area contributed by atoms with Crippen molar-refractivity contribution in [1.82, 2.24) is 9.80 Å². The quantitative estimate of drug-likeness (QED) is 0.770. The van der Waals surface area contributed by atoms with E-state index in [1.165, 1.54) is 11.8 Å². The summed E-state index contributed by atoms with van der Waals surface area (Å²) >= 11 is 1.51. The molecule has 8 heteroatoms. The van der Waals surface area contributed by atoms with Gasteiger partial charge in [0.25, 0.3) is 5.91 Å². The fraction of sp³-hybridized carbons (Fsp3) is 0.562. The van der Waals surface area contributed by atoms with E-state index in [9.17, 15) is 18.3 Å². The van der Waals surface area contributed by atoms with Gasteiger partial charge in [0.15, 0.2) is 9.84 Å². The zero-order valence-electron chi connectivity index (χ0n) is 13.6. The molecule has 2 atom stereocenters. The number of thioether (sulfide) groups is 1. The molecule has 0 aliphatic carbocycles. The van der Waals surface area contributed by atoms with Gasteiger partial charge in [0.05, 0.1) is 29.7 Å². The van der Waals surface area contributed by atoms with Crippen molar-refractivity contribution < 1.29 is 18.3 Å². The summed E-state index contributed by atoms with van der Waals surface area (Å²) in [7, 11) is -3.17. The summed E-state index contributed by atoms with van der Waals surface area (Å²) < 4.78 is 24.3. The van der Waals surface area contributed by atoms with Crippen LogP contribution in [0.3, 0.4) is 0 Å². The van der Waals surface area contributed by atoms with Crippen molar-refractivity contribution in [3.63, 3.8) is 0 Å². The van der Waals surface area contributed by atoms with E-state index in [0.717, 1.165) is 4.90 Å². The van der Waals surface area contributed by atoms with E-state index >= 15 is 0 Å². The fourth-order valence-corrected chi connectivity index (χ4v) is 6.26. The second-order valence-electron chi connectivity index (χ2n) is 6.17. The number of nitrogens with zero attached hydrogens (tertiary/aromatic N) is 2. The largest absolute Gasteiger partial charge is 0.395 e. The number of aliphatic hydroxyl groups is 1. The molecule has 1 amide bonds. The molecular weight excluding hydrogens is 348 g/mol. The number of amides is 1. The molecule has 6 nitrogen and oxygen atoms in total. The molecular formula is C16H22N2O4S2. The highest BCUT2D eigenvalue weighted by Gasteiger charge is 2.48. The molecule has 0 radical (unpaired) electrons. The van der Waals surface area contributed by atoms with Crippen LogP contribution in [-0.4, -0.2) is 85.3 Å². The lowest BCUT2D eigenvalue weighted by Crippen LogP contribution is -2.61. The lowest BCUT2D eigenvalue weighted by atomic mass is 10.0. The van der Waals surface area contributed by atoms with E-state index in [2.05, 4.69) is 0 Å². The first-order valence-electron chi connectivity index (χ1n) is 7.96. The van der Waals surface area contributed by atoms with Gasteiger partial charge in [-0.3, -0.25) is 9.69 Å². The zero-order chi connectivity index (χ0) is 17.3. The van der Waals surface area contributed by atoms with E-state index in [4.69, 9.17) is 0 Å². The molecule has 1 aromatic rings. The van der Waals surface area contributed by atoms with Crippen molar-refractivity contribution in [2.45, 2.75) is 17.0 Å². The van der Waals surface area contributed by atoms with Gasteiger partial charge in [0.1, 0.15) is 0 Å². The average molecular weight is 370 g/mol. The topological polar surface area (TPSA) is 77.9 Å². The number of fused-ring (bicyclic) bond motifs is 1. The SMILES string of the molecule is CSc1ccccc1C(=O)N1CCN(CCO)[C@@H]2CS(=O)(=O)C[C@@H]21. The van der Waals surface area contributed by atoms with E-state index in [1.807, 2.05) is 29.4 Å². The zero-order valence-corrected chi connectivity index (χ0v) is 15.2. The third-order valence-electron chi connectivity index (χ3n) is 4.78. The molecule has 2 fully saturated rings. The number of sulfone groups is 1. The highest BCUT2D eigenvalue weighted by molar-refractivity contribution is 7.98. The first-order chi connectivity index (χ1) is 11.5. The summed E-state index contributed by atoms with van der Waals surface area (Å²) in [5, 5.41) is 9.22. The second-order valence-corrected chi connectivity index (χ2v) is 9.17. The average Bonchev–Trinajstić information content (AvgIpc) is 2.90. The van der Waals surface area contributed by atoms with Gasteiger partial charge in [-0.25, -0.2) is 8.42 Å². The minimum atomic E-state index is -3.17. The Labute approximate surface area is 146 Å². The van der Waals surface area contributed by atoms with Crippen LogP contribution >= 0.6 is 11.8 Å². The predicted octanol–water partition coefficient (Wildman–Crippen LogP) is 0.324. The van der Waals surface area contributed by atoms with Gasteiger partial charge in [0, 0.05) is 30.6 Å². The minimum absolute atomic E-state index is 0.00672. The maximum atomic E-state index is 13.0. The van der Waals surface area contributed by atoms with E-state index in [-0.39, 0.29) is 36.1 Å². The number of carbonyl (C=O) groups excluding carboxylic acids is 1. The molecule has 2 saturated heterocycles. The summed E-state index contributed by atoms with van der Waals surface area (Å²) in [6.07, 6.45) is 1.92.